The van der Waals surface area contributed by atoms with Gasteiger partial charge < -0.3 is 19.5 Å². The number of pyridine rings is 1. The molecule has 0 bridgehead atoms. The zero-order chi connectivity index (χ0) is 19.7. The predicted molar refractivity (Wildman–Crippen MR) is 108 cm³/mol. The molecule has 1 N–H and O–H groups in total. The van der Waals surface area contributed by atoms with Crippen LogP contribution in [0.1, 0.15) is 12.5 Å². The Morgan fingerprint density at radius 1 is 1.25 bits per heavy atom. The van der Waals surface area contributed by atoms with Crippen LogP contribution in [0.3, 0.4) is 0 Å². The number of anilines is 1. The van der Waals surface area contributed by atoms with Crippen LogP contribution in [0, 0.1) is 0 Å². The summed E-state index contributed by atoms with van der Waals surface area (Å²) in [5, 5.41) is 10.6. The van der Waals surface area contributed by atoms with Gasteiger partial charge in [0, 0.05) is 17.7 Å². The molecule has 0 unspecified atom stereocenters. The summed E-state index contributed by atoms with van der Waals surface area (Å²) in [4.78, 5) is 15.7. The largest absolute Gasteiger partial charge is 0.496 e. The van der Waals surface area contributed by atoms with E-state index in [0.29, 0.717) is 30.2 Å². The number of halogens is 1. The zero-order valence-electron chi connectivity index (χ0n) is 15.7. The van der Waals surface area contributed by atoms with Crippen LogP contribution in [0.15, 0.2) is 30.3 Å². The highest BCUT2D eigenvalue weighted by Crippen LogP contribution is 2.31. The van der Waals surface area contributed by atoms with E-state index in [1.165, 1.54) is 0 Å². The quantitative estimate of drug-likeness (QED) is 0.674. The number of benzene rings is 1. The second-order valence-corrected chi connectivity index (χ2v) is 7.02. The fourth-order valence-corrected chi connectivity index (χ4v) is 3.61. The SMILES string of the molecule is COc1ccc(-c2ccc3c(N4CCOC[C@H]4C)nc(Cl)nc3n2)cc1CO. The van der Waals surface area contributed by atoms with E-state index in [1.807, 2.05) is 30.3 Å². The molecule has 1 fully saturated rings. The number of aliphatic hydroxyl groups is 1. The lowest BCUT2D eigenvalue weighted by atomic mass is 10.1. The molecule has 3 heterocycles. The number of morpholine rings is 1. The third kappa shape index (κ3) is 3.48. The molecule has 0 amide bonds. The van der Waals surface area contributed by atoms with Gasteiger partial charge in [0.05, 0.1) is 44.1 Å². The lowest BCUT2D eigenvalue weighted by Gasteiger charge is -2.34. The van der Waals surface area contributed by atoms with Crippen LogP contribution in [0.2, 0.25) is 5.28 Å². The van der Waals surface area contributed by atoms with Gasteiger partial charge in [-0.25, -0.2) is 4.98 Å². The minimum absolute atomic E-state index is 0.113. The summed E-state index contributed by atoms with van der Waals surface area (Å²) in [5.74, 6) is 1.41. The van der Waals surface area contributed by atoms with Gasteiger partial charge in [0.1, 0.15) is 11.6 Å². The Hall–Kier alpha value is -2.48. The van der Waals surface area contributed by atoms with Crippen molar-refractivity contribution in [3.63, 3.8) is 0 Å². The van der Waals surface area contributed by atoms with E-state index in [0.717, 1.165) is 29.0 Å². The maximum atomic E-state index is 9.58. The second-order valence-electron chi connectivity index (χ2n) is 6.69. The lowest BCUT2D eigenvalue weighted by Crippen LogP contribution is -2.44. The van der Waals surface area contributed by atoms with Crippen LogP contribution in [-0.2, 0) is 11.3 Å². The van der Waals surface area contributed by atoms with Gasteiger partial charge in [-0.2, -0.15) is 9.97 Å². The average molecular weight is 401 g/mol. The van der Waals surface area contributed by atoms with E-state index in [4.69, 9.17) is 26.1 Å². The average Bonchev–Trinajstić information content (AvgIpc) is 2.72. The summed E-state index contributed by atoms with van der Waals surface area (Å²) in [5.41, 5.74) is 2.83. The molecule has 1 aliphatic rings. The van der Waals surface area contributed by atoms with Crippen molar-refractivity contribution in [2.75, 3.05) is 31.8 Å². The van der Waals surface area contributed by atoms with E-state index < -0.39 is 0 Å². The van der Waals surface area contributed by atoms with Crippen LogP contribution >= 0.6 is 11.6 Å². The molecule has 7 nitrogen and oxygen atoms in total. The van der Waals surface area contributed by atoms with E-state index in [-0.39, 0.29) is 17.9 Å². The lowest BCUT2D eigenvalue weighted by molar-refractivity contribution is 0.0987. The molecule has 1 atom stereocenters. The molecule has 0 spiro atoms. The second kappa shape index (κ2) is 7.87. The van der Waals surface area contributed by atoms with Crippen LogP contribution in [0.25, 0.3) is 22.3 Å². The first-order chi connectivity index (χ1) is 13.6. The Balaban J connectivity index is 1.80. The number of aromatic nitrogens is 3. The van der Waals surface area contributed by atoms with Gasteiger partial charge in [-0.1, -0.05) is 0 Å². The van der Waals surface area contributed by atoms with Gasteiger partial charge in [-0.05, 0) is 48.9 Å². The Morgan fingerprint density at radius 3 is 2.86 bits per heavy atom. The van der Waals surface area contributed by atoms with Gasteiger partial charge in [0.25, 0.3) is 0 Å². The summed E-state index contributed by atoms with van der Waals surface area (Å²) in [6.45, 7) is 4.01. The monoisotopic (exact) mass is 400 g/mol. The molecule has 1 aromatic carbocycles. The highest BCUT2D eigenvalue weighted by Gasteiger charge is 2.23. The van der Waals surface area contributed by atoms with Crippen molar-refractivity contribution in [3.8, 4) is 17.0 Å². The highest BCUT2D eigenvalue weighted by molar-refractivity contribution is 6.28. The Bertz CT molecular complexity index is 1010. The van der Waals surface area contributed by atoms with Crippen LogP contribution in [0.4, 0.5) is 5.82 Å². The van der Waals surface area contributed by atoms with Crippen LogP contribution in [0.5, 0.6) is 5.75 Å². The number of ether oxygens (including phenoxy) is 2. The molecule has 28 heavy (non-hydrogen) atoms. The van der Waals surface area contributed by atoms with Gasteiger partial charge in [0.2, 0.25) is 5.28 Å². The molecular weight excluding hydrogens is 380 g/mol. The number of rotatable bonds is 4. The third-order valence-electron chi connectivity index (χ3n) is 4.90. The Labute approximate surface area is 167 Å². The molecule has 8 heteroatoms. The molecular formula is C20H21ClN4O3. The van der Waals surface area contributed by atoms with Crippen molar-refractivity contribution in [2.24, 2.45) is 0 Å². The smallest absolute Gasteiger partial charge is 0.226 e. The number of methoxy groups -OCH3 is 1. The maximum Gasteiger partial charge on any atom is 0.226 e. The first-order valence-electron chi connectivity index (χ1n) is 9.07. The van der Waals surface area contributed by atoms with Crippen LogP contribution in [-0.4, -0.2) is 53.0 Å². The third-order valence-corrected chi connectivity index (χ3v) is 5.07. The Kier molecular flexibility index (Phi) is 5.30. The van der Waals surface area contributed by atoms with Crippen molar-refractivity contribution in [2.45, 2.75) is 19.6 Å². The van der Waals surface area contributed by atoms with Gasteiger partial charge in [-0.3, -0.25) is 0 Å². The molecule has 2 aromatic heterocycles. The van der Waals surface area contributed by atoms with Crippen molar-refractivity contribution >= 4 is 28.5 Å². The summed E-state index contributed by atoms with van der Waals surface area (Å²) in [6.07, 6.45) is 0. The van der Waals surface area contributed by atoms with Gasteiger partial charge in [0.15, 0.2) is 5.65 Å². The molecule has 146 valence electrons. The predicted octanol–water partition coefficient (Wildman–Crippen LogP) is 3.07. The minimum Gasteiger partial charge on any atom is -0.496 e. The molecule has 4 rings (SSSR count). The first-order valence-corrected chi connectivity index (χ1v) is 9.45. The molecule has 0 aliphatic carbocycles. The molecule has 1 aliphatic heterocycles. The number of hydrogen-bond donors (Lipinski definition) is 1. The maximum absolute atomic E-state index is 9.58. The van der Waals surface area contributed by atoms with Gasteiger partial charge in [-0.15, -0.1) is 0 Å². The number of nitrogens with zero attached hydrogens (tertiary/aromatic N) is 4. The molecule has 3 aromatic rings. The van der Waals surface area contributed by atoms with Crippen molar-refractivity contribution in [1.82, 2.24) is 15.0 Å². The van der Waals surface area contributed by atoms with Crippen LogP contribution < -0.4 is 9.64 Å². The number of hydrogen-bond acceptors (Lipinski definition) is 7. The summed E-state index contributed by atoms with van der Waals surface area (Å²) in [6, 6.07) is 9.67. The topological polar surface area (TPSA) is 80.6 Å². The van der Waals surface area contributed by atoms with E-state index in [2.05, 4.69) is 21.8 Å². The van der Waals surface area contributed by atoms with Crippen molar-refractivity contribution < 1.29 is 14.6 Å². The van der Waals surface area contributed by atoms with E-state index in [1.54, 1.807) is 7.11 Å². The fraction of sp³-hybridized carbons (Fsp3) is 0.350. The fourth-order valence-electron chi connectivity index (χ4n) is 3.45. The summed E-state index contributed by atoms with van der Waals surface area (Å²) in [7, 11) is 1.58. The zero-order valence-corrected chi connectivity index (χ0v) is 16.5. The molecule has 0 radical (unpaired) electrons. The van der Waals surface area contributed by atoms with Crippen molar-refractivity contribution in [1.29, 1.82) is 0 Å². The van der Waals surface area contributed by atoms with Crippen molar-refractivity contribution in [3.05, 3.63) is 41.2 Å². The Morgan fingerprint density at radius 2 is 2.11 bits per heavy atom. The molecule has 0 saturated carbocycles. The number of fused-ring (bicyclic) bond motifs is 1. The van der Waals surface area contributed by atoms with E-state index in [9.17, 15) is 5.11 Å². The highest BCUT2D eigenvalue weighted by atomic mass is 35.5. The summed E-state index contributed by atoms with van der Waals surface area (Å²) < 4.78 is 10.8. The van der Waals surface area contributed by atoms with E-state index >= 15 is 0 Å². The normalized spacial score (nSPS) is 17.1. The minimum atomic E-state index is -0.113. The van der Waals surface area contributed by atoms with Gasteiger partial charge >= 0.3 is 0 Å². The number of aliphatic hydroxyl groups excluding tert-OH is 1. The first kappa shape index (κ1) is 18.9. The molecule has 1 saturated heterocycles. The summed E-state index contributed by atoms with van der Waals surface area (Å²) >= 11 is 6.21. The standard InChI is InChI=1S/C20H21ClN4O3/c1-12-11-28-8-7-25(12)19-15-4-5-16(22-18(15)23-20(21)24-19)13-3-6-17(27-2)14(9-13)10-26/h3-6,9,12,26H,7-8,10-11H2,1-2H3/t12-/m1/s1.